The molecule has 0 aliphatic heterocycles. The minimum absolute atomic E-state index is 0.0967. The number of halogens is 1. The summed E-state index contributed by atoms with van der Waals surface area (Å²) in [6.45, 7) is 5.29. The predicted molar refractivity (Wildman–Crippen MR) is 74.1 cm³/mol. The van der Waals surface area contributed by atoms with Gasteiger partial charge in [-0.15, -0.1) is 0 Å². The van der Waals surface area contributed by atoms with Gasteiger partial charge in [0, 0.05) is 11.3 Å². The molecule has 1 aromatic heterocycles. The topological polar surface area (TPSA) is 55.1 Å². The van der Waals surface area contributed by atoms with Gasteiger partial charge in [-0.25, -0.2) is 9.37 Å². The molecule has 1 heterocycles. The molecule has 0 amide bonds. The van der Waals surface area contributed by atoms with Crippen LogP contribution in [0, 0.1) is 26.6 Å². The van der Waals surface area contributed by atoms with Gasteiger partial charge in [0.05, 0.1) is 19.0 Å². The maximum absolute atomic E-state index is 13.1. The Morgan fingerprint density at radius 3 is 2.70 bits per heavy atom. The highest BCUT2D eigenvalue weighted by Crippen LogP contribution is 2.19. The van der Waals surface area contributed by atoms with E-state index in [-0.39, 0.29) is 17.9 Å². The highest BCUT2D eigenvalue weighted by atomic mass is 19.1. The quantitative estimate of drug-likeness (QED) is 0.933. The van der Waals surface area contributed by atoms with E-state index in [1.54, 1.807) is 20.8 Å². The summed E-state index contributed by atoms with van der Waals surface area (Å²) in [5.41, 5.74) is 2.34. The molecule has 20 heavy (non-hydrogen) atoms. The molecule has 1 aromatic carbocycles. The SMILES string of the molecule is Cc1cc(F)ccc1[C@H](O)Cn1cnc(C)c(C)c1=O. The predicted octanol–water partition coefficient (Wildman–Crippen LogP) is 2.04. The second kappa shape index (κ2) is 5.54. The normalized spacial score (nSPS) is 12.4. The number of hydrogen-bond acceptors (Lipinski definition) is 3. The molecule has 0 aliphatic rings. The molecule has 0 radical (unpaired) electrons. The molecule has 0 fully saturated rings. The zero-order valence-electron chi connectivity index (χ0n) is 11.7. The van der Waals surface area contributed by atoms with Crippen molar-refractivity contribution < 1.29 is 9.50 Å². The number of aromatic nitrogens is 2. The van der Waals surface area contributed by atoms with Gasteiger partial charge in [0.2, 0.25) is 0 Å². The minimum atomic E-state index is -0.878. The van der Waals surface area contributed by atoms with Gasteiger partial charge in [-0.1, -0.05) is 6.07 Å². The Labute approximate surface area is 116 Å². The summed E-state index contributed by atoms with van der Waals surface area (Å²) in [6, 6.07) is 4.20. The van der Waals surface area contributed by atoms with Gasteiger partial charge in [0.15, 0.2) is 0 Å². The highest BCUT2D eigenvalue weighted by Gasteiger charge is 2.13. The molecule has 4 nitrogen and oxygen atoms in total. The van der Waals surface area contributed by atoms with Gasteiger partial charge >= 0.3 is 0 Å². The molecule has 2 aromatic rings. The molecular formula is C15H17FN2O2. The van der Waals surface area contributed by atoms with Crippen molar-refractivity contribution in [1.82, 2.24) is 9.55 Å². The molecule has 5 heteroatoms. The number of rotatable bonds is 3. The molecule has 0 unspecified atom stereocenters. The summed E-state index contributed by atoms with van der Waals surface area (Å²) in [5.74, 6) is -0.344. The Morgan fingerprint density at radius 1 is 1.35 bits per heavy atom. The van der Waals surface area contributed by atoms with Crippen LogP contribution in [0.1, 0.15) is 28.5 Å². The van der Waals surface area contributed by atoms with E-state index in [0.29, 0.717) is 22.4 Å². The van der Waals surface area contributed by atoms with E-state index in [2.05, 4.69) is 4.98 Å². The largest absolute Gasteiger partial charge is 0.387 e. The van der Waals surface area contributed by atoms with Crippen LogP contribution in [0.25, 0.3) is 0 Å². The molecule has 2 rings (SSSR count). The van der Waals surface area contributed by atoms with Crippen LogP contribution in [0.2, 0.25) is 0 Å². The third kappa shape index (κ3) is 2.77. The number of aryl methyl sites for hydroxylation is 2. The monoisotopic (exact) mass is 276 g/mol. The van der Waals surface area contributed by atoms with Crippen molar-refractivity contribution in [2.24, 2.45) is 0 Å². The lowest BCUT2D eigenvalue weighted by molar-refractivity contribution is 0.153. The highest BCUT2D eigenvalue weighted by molar-refractivity contribution is 5.28. The molecule has 1 N–H and O–H groups in total. The lowest BCUT2D eigenvalue weighted by atomic mass is 10.0. The van der Waals surface area contributed by atoms with Crippen LogP contribution >= 0.6 is 0 Å². The fourth-order valence-electron chi connectivity index (χ4n) is 2.10. The van der Waals surface area contributed by atoms with Crippen LogP contribution in [0.5, 0.6) is 0 Å². The number of aliphatic hydroxyl groups is 1. The van der Waals surface area contributed by atoms with Crippen molar-refractivity contribution in [3.63, 3.8) is 0 Å². The van der Waals surface area contributed by atoms with Crippen LogP contribution in [-0.2, 0) is 6.54 Å². The maximum atomic E-state index is 13.1. The van der Waals surface area contributed by atoms with Crippen LogP contribution in [0.4, 0.5) is 4.39 Å². The fraction of sp³-hybridized carbons (Fsp3) is 0.333. The number of hydrogen-bond donors (Lipinski definition) is 1. The standard InChI is InChI=1S/C15H17FN2O2/c1-9-6-12(16)4-5-13(9)14(19)7-18-8-17-11(3)10(2)15(18)20/h4-6,8,14,19H,7H2,1-3H3/t14-/m1/s1. The van der Waals surface area contributed by atoms with Gasteiger partial charge in [0.1, 0.15) is 5.82 Å². The van der Waals surface area contributed by atoms with E-state index in [1.165, 1.54) is 29.1 Å². The minimum Gasteiger partial charge on any atom is -0.387 e. The number of nitrogens with zero attached hydrogens (tertiary/aromatic N) is 2. The maximum Gasteiger partial charge on any atom is 0.256 e. The van der Waals surface area contributed by atoms with Crippen LogP contribution in [0.15, 0.2) is 29.3 Å². The van der Waals surface area contributed by atoms with Gasteiger partial charge < -0.3 is 5.11 Å². The lowest BCUT2D eigenvalue weighted by Crippen LogP contribution is -2.26. The lowest BCUT2D eigenvalue weighted by Gasteiger charge is -2.15. The van der Waals surface area contributed by atoms with E-state index in [9.17, 15) is 14.3 Å². The second-order valence-electron chi connectivity index (χ2n) is 4.93. The van der Waals surface area contributed by atoms with E-state index in [0.717, 1.165) is 0 Å². The summed E-state index contributed by atoms with van der Waals surface area (Å²) in [5, 5.41) is 10.2. The summed E-state index contributed by atoms with van der Waals surface area (Å²) < 4.78 is 14.4. The van der Waals surface area contributed by atoms with Gasteiger partial charge in [-0.05, 0) is 44.0 Å². The molecule has 0 bridgehead atoms. The Morgan fingerprint density at radius 2 is 2.05 bits per heavy atom. The van der Waals surface area contributed by atoms with E-state index < -0.39 is 6.10 Å². The summed E-state index contributed by atoms with van der Waals surface area (Å²) in [4.78, 5) is 16.2. The van der Waals surface area contributed by atoms with Crippen molar-refractivity contribution in [2.45, 2.75) is 33.4 Å². The van der Waals surface area contributed by atoms with Gasteiger partial charge in [-0.2, -0.15) is 0 Å². The summed E-state index contributed by atoms with van der Waals surface area (Å²) in [7, 11) is 0. The van der Waals surface area contributed by atoms with Crippen molar-refractivity contribution in [2.75, 3.05) is 0 Å². The molecule has 0 saturated carbocycles. The third-order valence-electron chi connectivity index (χ3n) is 3.48. The molecule has 0 spiro atoms. The number of aliphatic hydroxyl groups excluding tert-OH is 1. The van der Waals surface area contributed by atoms with E-state index in [1.807, 2.05) is 0 Å². The zero-order chi connectivity index (χ0) is 14.9. The third-order valence-corrected chi connectivity index (χ3v) is 3.48. The molecule has 106 valence electrons. The zero-order valence-corrected chi connectivity index (χ0v) is 11.7. The van der Waals surface area contributed by atoms with Crippen molar-refractivity contribution in [3.8, 4) is 0 Å². The Kier molecular flexibility index (Phi) is 3.99. The molecule has 1 atom stereocenters. The molecule has 0 saturated heterocycles. The Bertz CT molecular complexity index is 695. The number of benzene rings is 1. The Balaban J connectivity index is 2.30. The first-order valence-corrected chi connectivity index (χ1v) is 6.37. The van der Waals surface area contributed by atoms with E-state index in [4.69, 9.17) is 0 Å². The first-order chi connectivity index (χ1) is 9.40. The first-order valence-electron chi connectivity index (χ1n) is 6.37. The average molecular weight is 276 g/mol. The smallest absolute Gasteiger partial charge is 0.256 e. The molecule has 0 aliphatic carbocycles. The fourth-order valence-corrected chi connectivity index (χ4v) is 2.10. The van der Waals surface area contributed by atoms with Crippen LogP contribution in [0.3, 0.4) is 0 Å². The first kappa shape index (κ1) is 14.4. The van der Waals surface area contributed by atoms with Gasteiger partial charge in [-0.3, -0.25) is 9.36 Å². The van der Waals surface area contributed by atoms with E-state index >= 15 is 0 Å². The van der Waals surface area contributed by atoms with Crippen LogP contribution < -0.4 is 5.56 Å². The summed E-state index contributed by atoms with van der Waals surface area (Å²) in [6.07, 6.45) is 0.546. The summed E-state index contributed by atoms with van der Waals surface area (Å²) >= 11 is 0. The van der Waals surface area contributed by atoms with Gasteiger partial charge in [0.25, 0.3) is 5.56 Å². The average Bonchev–Trinajstić information content (AvgIpc) is 2.39. The van der Waals surface area contributed by atoms with Crippen molar-refractivity contribution in [3.05, 3.63) is 63.1 Å². The second-order valence-corrected chi connectivity index (χ2v) is 4.93. The molecular weight excluding hydrogens is 259 g/mol. The Hall–Kier alpha value is -2.01. The van der Waals surface area contributed by atoms with Crippen molar-refractivity contribution in [1.29, 1.82) is 0 Å². The van der Waals surface area contributed by atoms with Crippen molar-refractivity contribution >= 4 is 0 Å². The van der Waals surface area contributed by atoms with Crippen LogP contribution in [-0.4, -0.2) is 14.7 Å².